The molecule has 1 saturated carbocycles. The minimum Gasteiger partial charge on any atom is -0.324 e. The average molecular weight is 280 g/mol. The fraction of sp³-hybridized carbons (Fsp3) is 0.917. The summed E-state index contributed by atoms with van der Waals surface area (Å²) in [6, 6.07) is 0. The molecular weight excluding hydrogens is 258 g/mol. The first-order valence-corrected chi connectivity index (χ1v) is 8.15. The van der Waals surface area contributed by atoms with Crippen LogP contribution in [0.5, 0.6) is 0 Å². The van der Waals surface area contributed by atoms with Gasteiger partial charge in [0, 0.05) is 12.1 Å². The van der Waals surface area contributed by atoms with Gasteiger partial charge in [-0.1, -0.05) is 13.8 Å². The summed E-state index contributed by atoms with van der Waals surface area (Å²) in [7, 11) is -3.98. The van der Waals surface area contributed by atoms with E-state index in [1.54, 1.807) is 0 Å². The normalized spacial score (nSPS) is 26.4. The van der Waals surface area contributed by atoms with Gasteiger partial charge in [0.15, 0.2) is 12.0 Å². The van der Waals surface area contributed by atoms with Crippen LogP contribution in [0.1, 0.15) is 46.0 Å². The van der Waals surface area contributed by atoms with Gasteiger partial charge >= 0.3 is 7.60 Å². The molecule has 0 spiro atoms. The first-order valence-electron chi connectivity index (χ1n) is 6.36. The molecule has 2 unspecified atom stereocenters. The first kappa shape index (κ1) is 15.8. The summed E-state index contributed by atoms with van der Waals surface area (Å²) < 4.78 is 24.2. The van der Waals surface area contributed by atoms with E-state index in [1.807, 2.05) is 13.8 Å². The van der Waals surface area contributed by atoms with Crippen LogP contribution in [0.4, 0.5) is 4.39 Å². The molecule has 1 fully saturated rings. The lowest BCUT2D eigenvalue weighted by atomic mass is 9.68. The highest BCUT2D eigenvalue weighted by Gasteiger charge is 2.40. The van der Waals surface area contributed by atoms with Crippen molar-refractivity contribution in [1.29, 1.82) is 0 Å². The number of hydrogen-bond donors (Lipinski definition) is 2. The van der Waals surface area contributed by atoms with Gasteiger partial charge in [-0.15, -0.1) is 0 Å². The molecule has 0 saturated heterocycles. The van der Waals surface area contributed by atoms with Crippen molar-refractivity contribution in [3.05, 3.63) is 0 Å². The van der Waals surface area contributed by atoms with E-state index < -0.39 is 19.2 Å². The van der Waals surface area contributed by atoms with Gasteiger partial charge in [0.2, 0.25) is 0 Å². The maximum atomic E-state index is 13.4. The SMILES string of the molecule is CC(C)(CCCP(=O)(O)O)C1CCCC(F)C1=O. The predicted molar refractivity (Wildman–Crippen MR) is 67.2 cm³/mol. The second-order valence-corrected chi connectivity index (χ2v) is 7.61. The monoisotopic (exact) mass is 280 g/mol. The fourth-order valence-electron chi connectivity index (χ4n) is 2.69. The van der Waals surface area contributed by atoms with E-state index in [2.05, 4.69) is 0 Å². The molecule has 1 aliphatic rings. The van der Waals surface area contributed by atoms with Gasteiger partial charge in [0.05, 0.1) is 0 Å². The Hall–Kier alpha value is -0.250. The largest absolute Gasteiger partial charge is 0.325 e. The molecule has 0 heterocycles. The minimum absolute atomic E-state index is 0.170. The molecule has 0 aromatic carbocycles. The van der Waals surface area contributed by atoms with Crippen LogP contribution in [-0.2, 0) is 9.36 Å². The van der Waals surface area contributed by atoms with E-state index in [0.29, 0.717) is 32.1 Å². The summed E-state index contributed by atoms with van der Waals surface area (Å²) in [5.41, 5.74) is -0.392. The molecule has 1 aliphatic carbocycles. The Balaban J connectivity index is 2.56. The van der Waals surface area contributed by atoms with Crippen LogP contribution in [0, 0.1) is 11.3 Å². The van der Waals surface area contributed by atoms with Gasteiger partial charge in [-0.05, 0) is 37.5 Å². The van der Waals surface area contributed by atoms with Crippen LogP contribution in [0.15, 0.2) is 0 Å². The van der Waals surface area contributed by atoms with Gasteiger partial charge in [-0.25, -0.2) is 4.39 Å². The molecule has 106 valence electrons. The smallest absolute Gasteiger partial charge is 0.324 e. The number of Topliss-reactive ketones (excluding diaryl/α,β-unsaturated/α-hetero) is 1. The van der Waals surface area contributed by atoms with Crippen LogP contribution in [0.25, 0.3) is 0 Å². The van der Waals surface area contributed by atoms with E-state index in [4.69, 9.17) is 9.79 Å². The molecule has 2 atom stereocenters. The van der Waals surface area contributed by atoms with Crippen molar-refractivity contribution < 1.29 is 23.5 Å². The van der Waals surface area contributed by atoms with Crippen LogP contribution >= 0.6 is 7.60 Å². The maximum absolute atomic E-state index is 13.4. The second kappa shape index (κ2) is 5.81. The molecule has 0 amide bonds. The molecule has 0 bridgehead atoms. The molecule has 1 rings (SSSR count). The highest BCUT2D eigenvalue weighted by Crippen LogP contribution is 2.42. The van der Waals surface area contributed by atoms with Gasteiger partial charge in [-0.2, -0.15) is 0 Å². The van der Waals surface area contributed by atoms with E-state index in [-0.39, 0.29) is 17.9 Å². The maximum Gasteiger partial charge on any atom is 0.325 e. The third-order valence-corrected chi connectivity index (χ3v) is 4.72. The Kier molecular flexibility index (Phi) is 5.10. The minimum atomic E-state index is -3.98. The van der Waals surface area contributed by atoms with Crippen LogP contribution in [0.2, 0.25) is 0 Å². The zero-order valence-electron chi connectivity index (χ0n) is 10.9. The highest BCUT2D eigenvalue weighted by atomic mass is 31.2. The number of ketones is 1. The van der Waals surface area contributed by atoms with Crippen molar-refractivity contribution >= 4 is 13.4 Å². The Morgan fingerprint density at radius 2 is 2.00 bits per heavy atom. The van der Waals surface area contributed by atoms with Crippen molar-refractivity contribution in [1.82, 2.24) is 0 Å². The molecule has 0 aliphatic heterocycles. The molecule has 6 heteroatoms. The summed E-state index contributed by atoms with van der Waals surface area (Å²) in [5.74, 6) is -0.652. The molecule has 2 N–H and O–H groups in total. The Bertz CT molecular complexity index is 350. The van der Waals surface area contributed by atoms with Crippen molar-refractivity contribution in [3.8, 4) is 0 Å². The first-order chi connectivity index (χ1) is 8.13. The average Bonchev–Trinajstić information content (AvgIpc) is 2.19. The summed E-state index contributed by atoms with van der Waals surface area (Å²) in [6.45, 7) is 3.76. The Morgan fingerprint density at radius 1 is 1.39 bits per heavy atom. The standard InChI is InChI=1S/C12H22FO4P/c1-12(2,7-4-8-18(15,16)17)9-5-3-6-10(13)11(9)14/h9-10H,3-8H2,1-2H3,(H2,15,16,17). The van der Waals surface area contributed by atoms with Crippen molar-refractivity contribution in [2.45, 2.75) is 52.1 Å². The molecule has 0 aromatic rings. The summed E-state index contributed by atoms with van der Waals surface area (Å²) in [4.78, 5) is 29.4. The van der Waals surface area contributed by atoms with Crippen molar-refractivity contribution in [2.75, 3.05) is 6.16 Å². The summed E-state index contributed by atoms with van der Waals surface area (Å²) in [6.07, 6.45) is 1.07. The Morgan fingerprint density at radius 3 is 2.56 bits per heavy atom. The van der Waals surface area contributed by atoms with Crippen molar-refractivity contribution in [2.24, 2.45) is 11.3 Å². The van der Waals surface area contributed by atoms with Crippen LogP contribution in [0.3, 0.4) is 0 Å². The lowest BCUT2D eigenvalue weighted by Gasteiger charge is -2.37. The third kappa shape index (κ3) is 4.45. The van der Waals surface area contributed by atoms with Crippen molar-refractivity contribution in [3.63, 3.8) is 0 Å². The topological polar surface area (TPSA) is 74.6 Å². The van der Waals surface area contributed by atoms with Gasteiger partial charge in [0.1, 0.15) is 0 Å². The zero-order chi connectivity index (χ0) is 14.0. The van der Waals surface area contributed by atoms with Crippen LogP contribution in [-0.4, -0.2) is 27.9 Å². The number of alkyl halides is 1. The zero-order valence-corrected chi connectivity index (χ0v) is 11.8. The lowest BCUT2D eigenvalue weighted by Crippen LogP contribution is -2.39. The van der Waals surface area contributed by atoms with Crippen LogP contribution < -0.4 is 0 Å². The lowest BCUT2D eigenvalue weighted by molar-refractivity contribution is -0.134. The van der Waals surface area contributed by atoms with E-state index in [0.717, 1.165) is 0 Å². The van der Waals surface area contributed by atoms with E-state index in [1.165, 1.54) is 0 Å². The number of carbonyl (C=O) groups excluding carboxylic acids is 1. The van der Waals surface area contributed by atoms with E-state index in [9.17, 15) is 13.8 Å². The molecule has 18 heavy (non-hydrogen) atoms. The molecular formula is C12H22FO4P. The molecule has 0 radical (unpaired) electrons. The summed E-state index contributed by atoms with van der Waals surface area (Å²) >= 11 is 0. The highest BCUT2D eigenvalue weighted by molar-refractivity contribution is 7.51. The fourth-order valence-corrected chi connectivity index (χ4v) is 3.26. The Labute approximate surface area is 107 Å². The number of carbonyl (C=O) groups is 1. The predicted octanol–water partition coefficient (Wildman–Crippen LogP) is 2.68. The quantitative estimate of drug-likeness (QED) is 0.759. The third-order valence-electron chi connectivity index (χ3n) is 3.82. The van der Waals surface area contributed by atoms with E-state index >= 15 is 0 Å². The van der Waals surface area contributed by atoms with Gasteiger partial charge < -0.3 is 9.79 Å². The number of halogens is 1. The number of rotatable bonds is 5. The van der Waals surface area contributed by atoms with Gasteiger partial charge in [0.25, 0.3) is 0 Å². The molecule has 4 nitrogen and oxygen atoms in total. The van der Waals surface area contributed by atoms with Gasteiger partial charge in [-0.3, -0.25) is 9.36 Å². The molecule has 0 aromatic heterocycles. The summed E-state index contributed by atoms with van der Waals surface area (Å²) in [5, 5.41) is 0. The number of hydrogen-bond acceptors (Lipinski definition) is 2. The second-order valence-electron chi connectivity index (χ2n) is 5.83.